The lowest BCUT2D eigenvalue weighted by atomic mass is 10.3. The number of benzene rings is 1. The van der Waals surface area contributed by atoms with E-state index in [1.54, 1.807) is 6.20 Å². The molecule has 3 aromatic rings. The smallest absolute Gasteiger partial charge is 0.234 e. The quantitative estimate of drug-likeness (QED) is 0.553. The van der Waals surface area contributed by atoms with E-state index >= 15 is 0 Å². The number of fused-ring (bicyclic) bond motifs is 1. The van der Waals surface area contributed by atoms with E-state index in [1.165, 1.54) is 0 Å². The third-order valence-corrected chi connectivity index (χ3v) is 3.35. The fourth-order valence-electron chi connectivity index (χ4n) is 1.49. The summed E-state index contributed by atoms with van der Waals surface area (Å²) in [7, 11) is 0. The zero-order valence-electron chi connectivity index (χ0n) is 8.89. The van der Waals surface area contributed by atoms with Gasteiger partial charge in [-0.25, -0.2) is 0 Å². The molecule has 7 heteroatoms. The lowest BCUT2D eigenvalue weighted by molar-refractivity contribution is 0.465. The van der Waals surface area contributed by atoms with Crippen molar-refractivity contribution in [2.75, 3.05) is 0 Å². The molecule has 0 radical (unpaired) electrons. The van der Waals surface area contributed by atoms with Crippen LogP contribution in [0.4, 0.5) is 0 Å². The first-order valence-corrected chi connectivity index (χ1v) is 6.49. The van der Waals surface area contributed by atoms with Crippen LogP contribution in [0.3, 0.4) is 0 Å². The summed E-state index contributed by atoms with van der Waals surface area (Å²) in [6.07, 6.45) is 1.61. The molecule has 0 amide bonds. The molecule has 2 heterocycles. The van der Waals surface area contributed by atoms with Crippen molar-refractivity contribution in [1.29, 1.82) is 0 Å². The summed E-state index contributed by atoms with van der Waals surface area (Å²) in [5.74, 6) is 1.11. The first-order chi connectivity index (χ1) is 8.74. The highest BCUT2D eigenvalue weighted by molar-refractivity contribution is 14.1. The van der Waals surface area contributed by atoms with E-state index in [1.807, 2.05) is 24.3 Å². The van der Waals surface area contributed by atoms with Crippen LogP contribution >= 0.6 is 34.2 Å². The van der Waals surface area contributed by atoms with Gasteiger partial charge in [-0.1, -0.05) is 12.1 Å². The molecular formula is C11H6ClIN4O. The fourth-order valence-corrected chi connectivity index (χ4v) is 2.15. The molecule has 0 fully saturated rings. The number of nitrogens with one attached hydrogen (secondary N) is 1. The monoisotopic (exact) mass is 372 g/mol. The van der Waals surface area contributed by atoms with Gasteiger partial charge in [0, 0.05) is 0 Å². The van der Waals surface area contributed by atoms with Crippen LogP contribution in [0.15, 0.2) is 30.5 Å². The zero-order chi connectivity index (χ0) is 12.5. The highest BCUT2D eigenvalue weighted by atomic mass is 127. The zero-order valence-corrected chi connectivity index (χ0v) is 11.8. The molecule has 0 aliphatic heterocycles. The second kappa shape index (κ2) is 4.69. The molecule has 0 saturated carbocycles. The molecule has 0 aliphatic rings. The number of aromatic nitrogens is 4. The number of halogens is 2. The van der Waals surface area contributed by atoms with E-state index in [4.69, 9.17) is 16.3 Å². The third kappa shape index (κ3) is 2.13. The van der Waals surface area contributed by atoms with Gasteiger partial charge in [-0.05, 0) is 46.3 Å². The molecule has 5 nitrogen and oxygen atoms in total. The predicted molar refractivity (Wildman–Crippen MR) is 75.9 cm³/mol. The molecular weight excluding hydrogens is 367 g/mol. The molecule has 0 spiro atoms. The first kappa shape index (κ1) is 11.7. The summed E-state index contributed by atoms with van der Waals surface area (Å²) in [5, 5.41) is 7.44. The lowest BCUT2D eigenvalue weighted by Gasteiger charge is -2.07. The number of nitrogens with zero attached hydrogens (tertiary/aromatic N) is 3. The SMILES string of the molecule is Clc1nc(Oc2ccccc2I)c2cn[nH]c2n1. The van der Waals surface area contributed by atoms with Crippen molar-refractivity contribution in [3.8, 4) is 11.6 Å². The third-order valence-electron chi connectivity index (χ3n) is 2.29. The average Bonchev–Trinajstić information content (AvgIpc) is 2.80. The lowest BCUT2D eigenvalue weighted by Crippen LogP contribution is -1.93. The van der Waals surface area contributed by atoms with Crippen molar-refractivity contribution in [3.63, 3.8) is 0 Å². The standard InChI is InChI=1S/C11H6ClIN4O/c12-11-15-9-6(5-14-17-9)10(16-11)18-8-4-2-1-3-7(8)13/h1-5H,(H,14,15,16,17). The normalized spacial score (nSPS) is 10.8. The van der Waals surface area contributed by atoms with Gasteiger partial charge in [0.2, 0.25) is 11.2 Å². The minimum absolute atomic E-state index is 0.118. The highest BCUT2D eigenvalue weighted by Crippen LogP contribution is 2.29. The number of para-hydroxylation sites is 1. The van der Waals surface area contributed by atoms with E-state index in [2.05, 4.69) is 42.8 Å². The largest absolute Gasteiger partial charge is 0.437 e. The Labute approximate surface area is 121 Å². The molecule has 1 N–H and O–H groups in total. The summed E-state index contributed by atoms with van der Waals surface area (Å²) >= 11 is 8.03. The van der Waals surface area contributed by atoms with E-state index in [0.29, 0.717) is 16.9 Å². The molecule has 0 saturated heterocycles. The molecule has 0 atom stereocenters. The van der Waals surface area contributed by atoms with Gasteiger partial charge >= 0.3 is 0 Å². The molecule has 18 heavy (non-hydrogen) atoms. The Balaban J connectivity index is 2.10. The maximum Gasteiger partial charge on any atom is 0.234 e. The number of hydrogen-bond donors (Lipinski definition) is 1. The van der Waals surface area contributed by atoms with Crippen molar-refractivity contribution in [3.05, 3.63) is 39.3 Å². The second-order valence-corrected chi connectivity index (χ2v) is 4.96. The number of rotatable bonds is 2. The van der Waals surface area contributed by atoms with Crippen LogP contribution in [0.5, 0.6) is 11.6 Å². The summed E-state index contributed by atoms with van der Waals surface area (Å²) in [6, 6.07) is 7.65. The van der Waals surface area contributed by atoms with Gasteiger partial charge in [0.15, 0.2) is 5.65 Å². The van der Waals surface area contributed by atoms with Gasteiger partial charge in [0.1, 0.15) is 11.1 Å². The van der Waals surface area contributed by atoms with Gasteiger partial charge < -0.3 is 4.74 Å². The van der Waals surface area contributed by atoms with Crippen LogP contribution in [-0.2, 0) is 0 Å². The van der Waals surface area contributed by atoms with E-state index in [-0.39, 0.29) is 5.28 Å². The molecule has 0 aliphatic carbocycles. The van der Waals surface area contributed by atoms with Crippen LogP contribution in [0.2, 0.25) is 5.28 Å². The molecule has 3 rings (SSSR count). The average molecular weight is 373 g/mol. The van der Waals surface area contributed by atoms with Crippen LogP contribution in [0.1, 0.15) is 0 Å². The second-order valence-electron chi connectivity index (χ2n) is 3.46. The van der Waals surface area contributed by atoms with E-state index in [0.717, 1.165) is 9.32 Å². The van der Waals surface area contributed by atoms with Gasteiger partial charge in [0.05, 0.1) is 9.77 Å². The number of H-pyrrole nitrogens is 1. The maximum atomic E-state index is 5.83. The molecule has 0 bridgehead atoms. The Morgan fingerprint density at radius 2 is 2.06 bits per heavy atom. The van der Waals surface area contributed by atoms with Crippen molar-refractivity contribution < 1.29 is 4.74 Å². The van der Waals surface area contributed by atoms with E-state index in [9.17, 15) is 0 Å². The predicted octanol–water partition coefficient (Wildman–Crippen LogP) is 3.40. The van der Waals surface area contributed by atoms with Crippen LogP contribution in [-0.4, -0.2) is 20.2 Å². The van der Waals surface area contributed by atoms with Gasteiger partial charge in [-0.3, -0.25) is 5.10 Å². The van der Waals surface area contributed by atoms with E-state index < -0.39 is 0 Å². The minimum Gasteiger partial charge on any atom is -0.437 e. The van der Waals surface area contributed by atoms with Crippen LogP contribution < -0.4 is 4.74 Å². The van der Waals surface area contributed by atoms with Crippen molar-refractivity contribution in [1.82, 2.24) is 20.2 Å². The Morgan fingerprint density at radius 1 is 1.22 bits per heavy atom. The maximum absolute atomic E-state index is 5.83. The summed E-state index contributed by atoms with van der Waals surface area (Å²) in [5.41, 5.74) is 0.552. The Morgan fingerprint density at radius 3 is 2.89 bits per heavy atom. The summed E-state index contributed by atoms with van der Waals surface area (Å²) in [4.78, 5) is 8.09. The summed E-state index contributed by atoms with van der Waals surface area (Å²) in [6.45, 7) is 0. The number of aromatic amines is 1. The minimum atomic E-state index is 0.118. The van der Waals surface area contributed by atoms with Crippen LogP contribution in [0.25, 0.3) is 11.0 Å². The molecule has 2 aromatic heterocycles. The van der Waals surface area contributed by atoms with Crippen molar-refractivity contribution in [2.45, 2.75) is 0 Å². The Kier molecular flexibility index (Phi) is 3.04. The van der Waals surface area contributed by atoms with Gasteiger partial charge in [-0.15, -0.1) is 0 Å². The van der Waals surface area contributed by atoms with Crippen molar-refractivity contribution in [2.24, 2.45) is 0 Å². The van der Waals surface area contributed by atoms with Gasteiger partial charge in [-0.2, -0.15) is 15.1 Å². The summed E-state index contributed by atoms with van der Waals surface area (Å²) < 4.78 is 6.75. The Bertz CT molecular complexity index is 715. The van der Waals surface area contributed by atoms with Crippen molar-refractivity contribution >= 4 is 45.2 Å². The highest BCUT2D eigenvalue weighted by Gasteiger charge is 2.11. The van der Waals surface area contributed by atoms with Crippen LogP contribution in [0, 0.1) is 3.57 Å². The topological polar surface area (TPSA) is 63.7 Å². The van der Waals surface area contributed by atoms with Gasteiger partial charge in [0.25, 0.3) is 0 Å². The Hall–Kier alpha value is -1.41. The molecule has 0 unspecified atom stereocenters. The molecule has 1 aromatic carbocycles. The first-order valence-electron chi connectivity index (χ1n) is 5.03. The number of hydrogen-bond acceptors (Lipinski definition) is 4. The number of ether oxygens (including phenoxy) is 1. The fraction of sp³-hybridized carbons (Fsp3) is 0. The molecule has 90 valence electrons.